The molecule has 3 aromatic rings. The zero-order chi connectivity index (χ0) is 21.7. The van der Waals surface area contributed by atoms with E-state index < -0.39 is 5.82 Å². The quantitative estimate of drug-likeness (QED) is 0.413. The van der Waals surface area contributed by atoms with Gasteiger partial charge in [0.05, 0.1) is 20.3 Å². The van der Waals surface area contributed by atoms with E-state index in [1.165, 1.54) is 11.6 Å². The molecule has 0 saturated heterocycles. The summed E-state index contributed by atoms with van der Waals surface area (Å²) >= 11 is 0. The Morgan fingerprint density at radius 3 is 2.20 bits per heavy atom. The number of ether oxygens (including phenoxy) is 3. The molecule has 0 unspecified atom stereocenters. The Morgan fingerprint density at radius 2 is 1.57 bits per heavy atom. The van der Waals surface area contributed by atoms with Crippen molar-refractivity contribution in [2.24, 2.45) is 0 Å². The van der Waals surface area contributed by atoms with E-state index in [0.717, 1.165) is 22.4 Å². The molecule has 0 fully saturated rings. The lowest BCUT2D eigenvalue weighted by atomic mass is 9.83. The van der Waals surface area contributed by atoms with Gasteiger partial charge in [-0.15, -0.1) is 0 Å². The van der Waals surface area contributed by atoms with Crippen molar-refractivity contribution in [1.29, 1.82) is 0 Å². The molecule has 0 saturated carbocycles. The average Bonchev–Trinajstić information content (AvgIpc) is 2.71. The Balaban J connectivity index is 1.66. The Hall–Kier alpha value is -2.85. The summed E-state index contributed by atoms with van der Waals surface area (Å²) in [7, 11) is 1.70. The number of hydrogen-bond donors (Lipinski definition) is 0. The molecule has 0 N–H and O–H groups in total. The molecule has 3 nitrogen and oxygen atoms in total. The highest BCUT2D eigenvalue weighted by Crippen LogP contribution is 2.32. The van der Waals surface area contributed by atoms with Gasteiger partial charge in [-0.3, -0.25) is 0 Å². The Kier molecular flexibility index (Phi) is 6.78. The number of para-hydroxylation sites is 1. The Labute approximate surface area is 178 Å². The fraction of sp³-hybridized carbons (Fsp3) is 0.308. The van der Waals surface area contributed by atoms with Crippen LogP contribution in [-0.2, 0) is 16.8 Å². The zero-order valence-electron chi connectivity index (χ0n) is 18.3. The van der Waals surface area contributed by atoms with Crippen molar-refractivity contribution in [3.05, 3.63) is 88.7 Å². The molecule has 0 radical (unpaired) electrons. The minimum Gasteiger partial charge on any atom is -0.496 e. The number of aryl methyl sites for hydroxylation is 2. The molecule has 4 heteroatoms. The van der Waals surface area contributed by atoms with E-state index in [-0.39, 0.29) is 11.2 Å². The van der Waals surface area contributed by atoms with Crippen molar-refractivity contribution in [2.75, 3.05) is 13.7 Å². The summed E-state index contributed by atoms with van der Waals surface area (Å²) in [6.07, 6.45) is 0. The maximum atomic E-state index is 14.1. The number of hydrogen-bond acceptors (Lipinski definition) is 3. The van der Waals surface area contributed by atoms with E-state index >= 15 is 0 Å². The van der Waals surface area contributed by atoms with E-state index in [0.29, 0.717) is 19.0 Å². The van der Waals surface area contributed by atoms with Crippen LogP contribution in [0.2, 0.25) is 0 Å². The molecule has 0 aliphatic rings. The van der Waals surface area contributed by atoms with Crippen LogP contribution >= 0.6 is 0 Å². The average molecular weight is 409 g/mol. The minimum absolute atomic E-state index is 0.175. The highest BCUT2D eigenvalue weighted by molar-refractivity contribution is 5.45. The van der Waals surface area contributed by atoms with Crippen molar-refractivity contribution in [3.8, 4) is 17.2 Å². The lowest BCUT2D eigenvalue weighted by Crippen LogP contribution is -2.24. The molecular weight excluding hydrogens is 379 g/mol. The first-order valence-corrected chi connectivity index (χ1v) is 10.0. The molecule has 0 aliphatic carbocycles. The molecule has 0 atom stereocenters. The highest BCUT2D eigenvalue weighted by Gasteiger charge is 2.23. The summed E-state index contributed by atoms with van der Waals surface area (Å²) in [6, 6.07) is 18.3. The smallest absolute Gasteiger partial charge is 0.165 e. The SMILES string of the molecule is COc1c(C)cc(C(C)(C)COCc2ccc(F)c(Oc3ccccc3)c2)cc1C. The predicted molar refractivity (Wildman–Crippen MR) is 118 cm³/mol. The summed E-state index contributed by atoms with van der Waals surface area (Å²) in [5.74, 6) is 1.32. The minimum atomic E-state index is -0.396. The number of benzene rings is 3. The summed E-state index contributed by atoms with van der Waals surface area (Å²) in [5, 5.41) is 0. The van der Waals surface area contributed by atoms with Crippen LogP contribution in [0.5, 0.6) is 17.2 Å². The normalized spacial score (nSPS) is 11.4. The van der Waals surface area contributed by atoms with Crippen LogP contribution in [0, 0.1) is 19.7 Å². The van der Waals surface area contributed by atoms with Gasteiger partial charge < -0.3 is 14.2 Å². The third kappa shape index (κ3) is 5.19. The van der Waals surface area contributed by atoms with Crippen molar-refractivity contribution in [2.45, 2.75) is 39.7 Å². The number of methoxy groups -OCH3 is 1. The molecule has 3 rings (SSSR count). The van der Waals surface area contributed by atoms with Gasteiger partial charge in [0, 0.05) is 5.41 Å². The molecule has 158 valence electrons. The van der Waals surface area contributed by atoms with Crippen molar-refractivity contribution in [3.63, 3.8) is 0 Å². The second-order valence-corrected chi connectivity index (χ2v) is 8.20. The van der Waals surface area contributed by atoms with E-state index in [1.54, 1.807) is 31.4 Å². The van der Waals surface area contributed by atoms with E-state index in [2.05, 4.69) is 39.8 Å². The third-order valence-electron chi connectivity index (χ3n) is 5.14. The topological polar surface area (TPSA) is 27.7 Å². The Morgan fingerprint density at radius 1 is 0.900 bits per heavy atom. The van der Waals surface area contributed by atoms with Crippen LogP contribution in [0.25, 0.3) is 0 Å². The van der Waals surface area contributed by atoms with Gasteiger partial charge in [-0.25, -0.2) is 4.39 Å². The van der Waals surface area contributed by atoms with Crippen molar-refractivity contribution in [1.82, 2.24) is 0 Å². The molecule has 0 heterocycles. The predicted octanol–water partition coefficient (Wildman–Crippen LogP) is 6.74. The summed E-state index contributed by atoms with van der Waals surface area (Å²) < 4.78 is 31.3. The zero-order valence-corrected chi connectivity index (χ0v) is 18.3. The molecule has 0 amide bonds. The molecule has 0 spiro atoms. The monoisotopic (exact) mass is 408 g/mol. The first-order valence-electron chi connectivity index (χ1n) is 10.0. The van der Waals surface area contributed by atoms with Gasteiger partial charge in [0.15, 0.2) is 11.6 Å². The third-order valence-corrected chi connectivity index (χ3v) is 5.14. The van der Waals surface area contributed by atoms with Gasteiger partial charge >= 0.3 is 0 Å². The molecule has 0 bridgehead atoms. The molecular formula is C26H29FO3. The second-order valence-electron chi connectivity index (χ2n) is 8.20. The fourth-order valence-corrected chi connectivity index (χ4v) is 3.50. The molecule has 0 aromatic heterocycles. The van der Waals surface area contributed by atoms with E-state index in [9.17, 15) is 4.39 Å². The van der Waals surface area contributed by atoms with Gasteiger partial charge in [0.2, 0.25) is 0 Å². The Bertz CT molecular complexity index is 973. The summed E-state index contributed by atoms with van der Waals surface area (Å²) in [4.78, 5) is 0. The van der Waals surface area contributed by atoms with Crippen LogP contribution in [0.1, 0.15) is 36.1 Å². The van der Waals surface area contributed by atoms with Crippen molar-refractivity contribution < 1.29 is 18.6 Å². The van der Waals surface area contributed by atoms with Gasteiger partial charge in [0.1, 0.15) is 11.5 Å². The number of rotatable bonds is 8. The molecule has 3 aromatic carbocycles. The maximum absolute atomic E-state index is 14.1. The van der Waals surface area contributed by atoms with Gasteiger partial charge in [-0.1, -0.05) is 50.2 Å². The fourth-order valence-electron chi connectivity index (χ4n) is 3.50. The van der Waals surface area contributed by atoms with Gasteiger partial charge in [0.25, 0.3) is 0 Å². The first kappa shape index (κ1) is 21.8. The number of halogens is 1. The van der Waals surface area contributed by atoms with Gasteiger partial charge in [-0.2, -0.15) is 0 Å². The highest BCUT2D eigenvalue weighted by atomic mass is 19.1. The van der Waals surface area contributed by atoms with Crippen LogP contribution in [-0.4, -0.2) is 13.7 Å². The van der Waals surface area contributed by atoms with Crippen molar-refractivity contribution >= 4 is 0 Å². The maximum Gasteiger partial charge on any atom is 0.165 e. The molecule has 0 aliphatic heterocycles. The van der Waals surface area contributed by atoms with E-state index in [1.807, 2.05) is 18.2 Å². The second kappa shape index (κ2) is 9.31. The van der Waals surface area contributed by atoms with E-state index in [4.69, 9.17) is 14.2 Å². The van der Waals surface area contributed by atoms with Crippen LogP contribution < -0.4 is 9.47 Å². The molecule has 30 heavy (non-hydrogen) atoms. The van der Waals surface area contributed by atoms with Crippen LogP contribution in [0.15, 0.2) is 60.7 Å². The van der Waals surface area contributed by atoms with Crippen LogP contribution in [0.3, 0.4) is 0 Å². The lowest BCUT2D eigenvalue weighted by molar-refractivity contribution is 0.0823. The lowest BCUT2D eigenvalue weighted by Gasteiger charge is -2.27. The largest absolute Gasteiger partial charge is 0.496 e. The summed E-state index contributed by atoms with van der Waals surface area (Å²) in [6.45, 7) is 9.33. The van der Waals surface area contributed by atoms with Gasteiger partial charge in [-0.05, 0) is 60.4 Å². The summed E-state index contributed by atoms with van der Waals surface area (Å²) in [5.41, 5.74) is 4.11. The van der Waals surface area contributed by atoms with Crippen LogP contribution in [0.4, 0.5) is 4.39 Å². The standard InChI is InChI=1S/C26H29FO3/c1-18-13-21(14-19(2)25(18)28-5)26(3,4)17-29-16-20-11-12-23(27)24(15-20)30-22-9-7-6-8-10-22/h6-15H,16-17H2,1-5H3. The first-order chi connectivity index (χ1) is 14.3.